The number of carbonyl (C=O) groups is 1. The molecule has 0 radical (unpaired) electrons. The Balaban J connectivity index is 1.58. The molecule has 2 bridgehead atoms. The topological polar surface area (TPSA) is 49.8 Å². The van der Waals surface area contributed by atoms with Gasteiger partial charge in [0.15, 0.2) is 11.5 Å². The molecule has 140 valence electrons. The Bertz CT molecular complexity index is 741. The van der Waals surface area contributed by atoms with E-state index in [4.69, 9.17) is 4.74 Å². The molecule has 0 amide bonds. The molecule has 3 fully saturated rings. The SMILES string of the molecule is CC(=O)Oc1ccc2c(c1O)[C@@]13CCCC[C@H]1[C@@H](C2)N(CC1CC1)CC3. The zero-order valence-corrected chi connectivity index (χ0v) is 15.7. The van der Waals surface area contributed by atoms with E-state index in [9.17, 15) is 9.90 Å². The molecule has 1 saturated heterocycles. The lowest BCUT2D eigenvalue weighted by Crippen LogP contribution is -2.61. The van der Waals surface area contributed by atoms with Gasteiger partial charge in [-0.15, -0.1) is 0 Å². The van der Waals surface area contributed by atoms with Crippen LogP contribution in [0.25, 0.3) is 0 Å². The standard InChI is InChI=1S/C22H29NO3/c1-14(24)26-19-8-7-16-12-18-17-4-2-3-9-22(17,20(16)21(19)25)10-11-23(18)13-15-5-6-15/h7-8,15,17-18,25H,2-6,9-13H2,1H3/t17-,18+,22+/m0/s1. The highest BCUT2D eigenvalue weighted by Crippen LogP contribution is 2.59. The van der Waals surface area contributed by atoms with E-state index in [-0.39, 0.29) is 17.1 Å². The van der Waals surface area contributed by atoms with E-state index in [2.05, 4.69) is 11.0 Å². The second kappa shape index (κ2) is 5.98. The van der Waals surface area contributed by atoms with Gasteiger partial charge in [0.2, 0.25) is 0 Å². The number of rotatable bonds is 3. The minimum Gasteiger partial charge on any atom is -0.504 e. The fraction of sp³-hybridized carbons (Fsp3) is 0.682. The van der Waals surface area contributed by atoms with Crippen molar-refractivity contribution in [1.29, 1.82) is 0 Å². The summed E-state index contributed by atoms with van der Waals surface area (Å²) in [6, 6.07) is 4.51. The number of likely N-dealkylation sites (tertiary alicyclic amines) is 1. The normalized spacial score (nSPS) is 33.3. The van der Waals surface area contributed by atoms with Gasteiger partial charge < -0.3 is 9.84 Å². The monoisotopic (exact) mass is 355 g/mol. The lowest BCUT2D eigenvalue weighted by Gasteiger charge is -2.59. The maximum Gasteiger partial charge on any atom is 0.308 e. The zero-order chi connectivity index (χ0) is 17.9. The van der Waals surface area contributed by atoms with Gasteiger partial charge in [0.25, 0.3) is 0 Å². The molecule has 3 atom stereocenters. The van der Waals surface area contributed by atoms with Crippen LogP contribution in [0.15, 0.2) is 12.1 Å². The molecule has 3 aliphatic carbocycles. The fourth-order valence-corrected chi connectivity index (χ4v) is 6.27. The summed E-state index contributed by atoms with van der Waals surface area (Å²) in [7, 11) is 0. The number of phenolic OH excluding ortho intramolecular Hbond substituents is 1. The van der Waals surface area contributed by atoms with Crippen LogP contribution in [0.5, 0.6) is 11.5 Å². The molecule has 1 aromatic carbocycles. The first kappa shape index (κ1) is 16.6. The number of piperidine rings is 1. The molecule has 26 heavy (non-hydrogen) atoms. The van der Waals surface area contributed by atoms with Gasteiger partial charge in [-0.25, -0.2) is 0 Å². The molecule has 0 aromatic heterocycles. The van der Waals surface area contributed by atoms with Crippen molar-refractivity contribution in [2.75, 3.05) is 13.1 Å². The molecular weight excluding hydrogens is 326 g/mol. The summed E-state index contributed by atoms with van der Waals surface area (Å²) in [6.45, 7) is 3.81. The molecule has 4 heteroatoms. The van der Waals surface area contributed by atoms with E-state index in [1.165, 1.54) is 51.1 Å². The Morgan fingerprint density at radius 3 is 2.88 bits per heavy atom. The molecule has 4 aliphatic rings. The molecule has 5 rings (SSSR count). The first-order chi connectivity index (χ1) is 12.6. The highest BCUT2D eigenvalue weighted by Gasteiger charge is 2.55. The van der Waals surface area contributed by atoms with Crippen molar-refractivity contribution in [2.24, 2.45) is 11.8 Å². The van der Waals surface area contributed by atoms with Crippen molar-refractivity contribution in [3.05, 3.63) is 23.3 Å². The minimum absolute atomic E-state index is 0.0802. The van der Waals surface area contributed by atoms with Crippen molar-refractivity contribution in [3.63, 3.8) is 0 Å². The molecule has 1 aromatic rings. The molecule has 0 spiro atoms. The second-order valence-electron chi connectivity index (χ2n) is 9.01. The van der Waals surface area contributed by atoms with E-state index in [0.717, 1.165) is 37.3 Å². The van der Waals surface area contributed by atoms with E-state index in [0.29, 0.717) is 17.7 Å². The van der Waals surface area contributed by atoms with Crippen molar-refractivity contribution < 1.29 is 14.6 Å². The highest BCUT2D eigenvalue weighted by molar-refractivity contribution is 5.71. The fourth-order valence-electron chi connectivity index (χ4n) is 6.27. The number of nitrogens with zero attached hydrogens (tertiary/aromatic N) is 1. The number of aromatic hydroxyl groups is 1. The number of hydrogen-bond acceptors (Lipinski definition) is 4. The quantitative estimate of drug-likeness (QED) is 0.662. The van der Waals surface area contributed by atoms with Gasteiger partial charge >= 0.3 is 5.97 Å². The zero-order valence-electron chi connectivity index (χ0n) is 15.7. The number of carbonyl (C=O) groups excluding carboxylic acids is 1. The maximum absolute atomic E-state index is 11.4. The summed E-state index contributed by atoms with van der Waals surface area (Å²) in [4.78, 5) is 14.2. The van der Waals surface area contributed by atoms with Crippen LogP contribution in [0.1, 0.15) is 63.0 Å². The number of benzene rings is 1. The van der Waals surface area contributed by atoms with Crippen LogP contribution in [0.2, 0.25) is 0 Å². The van der Waals surface area contributed by atoms with E-state index >= 15 is 0 Å². The lowest BCUT2D eigenvalue weighted by molar-refractivity contribution is -0.132. The van der Waals surface area contributed by atoms with Crippen molar-refractivity contribution >= 4 is 5.97 Å². The van der Waals surface area contributed by atoms with Crippen molar-refractivity contribution in [1.82, 2.24) is 4.90 Å². The van der Waals surface area contributed by atoms with Crippen molar-refractivity contribution in [3.8, 4) is 11.5 Å². The molecule has 1 aliphatic heterocycles. The van der Waals surface area contributed by atoms with Gasteiger partial charge in [-0.1, -0.05) is 18.9 Å². The van der Waals surface area contributed by atoms with Gasteiger partial charge in [-0.3, -0.25) is 9.69 Å². The third kappa shape index (κ3) is 2.49. The van der Waals surface area contributed by atoms with Gasteiger partial charge in [0, 0.05) is 30.5 Å². The Labute approximate surface area is 155 Å². The average Bonchev–Trinajstić information content (AvgIpc) is 3.43. The van der Waals surface area contributed by atoms with E-state index in [1.54, 1.807) is 6.07 Å². The average molecular weight is 355 g/mol. The summed E-state index contributed by atoms with van der Waals surface area (Å²) in [5.74, 6) is 1.76. The third-order valence-corrected chi connectivity index (χ3v) is 7.47. The van der Waals surface area contributed by atoms with Crippen LogP contribution in [0.3, 0.4) is 0 Å². The Kier molecular flexibility index (Phi) is 3.82. The van der Waals surface area contributed by atoms with Crippen LogP contribution in [-0.4, -0.2) is 35.1 Å². The summed E-state index contributed by atoms with van der Waals surface area (Å²) in [5.41, 5.74) is 2.47. The van der Waals surface area contributed by atoms with Crippen LogP contribution in [0.4, 0.5) is 0 Å². The highest BCUT2D eigenvalue weighted by atomic mass is 16.5. The largest absolute Gasteiger partial charge is 0.504 e. The number of ether oxygens (including phenoxy) is 1. The van der Waals surface area contributed by atoms with Crippen LogP contribution < -0.4 is 4.74 Å². The van der Waals surface area contributed by atoms with Crippen molar-refractivity contribution in [2.45, 2.75) is 69.7 Å². The van der Waals surface area contributed by atoms with E-state index in [1.807, 2.05) is 0 Å². The summed E-state index contributed by atoms with van der Waals surface area (Å²) in [6.07, 6.45) is 9.94. The van der Waals surface area contributed by atoms with Gasteiger partial charge in [0.05, 0.1) is 0 Å². The summed E-state index contributed by atoms with van der Waals surface area (Å²) >= 11 is 0. The Hall–Kier alpha value is -1.55. The first-order valence-corrected chi connectivity index (χ1v) is 10.4. The number of esters is 1. The number of fused-ring (bicyclic) bond motifs is 1. The summed E-state index contributed by atoms with van der Waals surface area (Å²) in [5, 5.41) is 11.1. The first-order valence-electron chi connectivity index (χ1n) is 10.4. The number of phenols is 1. The predicted molar refractivity (Wildman–Crippen MR) is 99.5 cm³/mol. The van der Waals surface area contributed by atoms with Crippen LogP contribution in [-0.2, 0) is 16.6 Å². The molecule has 1 heterocycles. The van der Waals surface area contributed by atoms with Crippen LogP contribution in [0, 0.1) is 11.8 Å². The minimum atomic E-state index is -0.370. The third-order valence-electron chi connectivity index (χ3n) is 7.47. The van der Waals surface area contributed by atoms with Gasteiger partial charge in [-0.05, 0) is 68.5 Å². The maximum atomic E-state index is 11.4. The van der Waals surface area contributed by atoms with Gasteiger partial charge in [-0.2, -0.15) is 0 Å². The van der Waals surface area contributed by atoms with E-state index < -0.39 is 0 Å². The molecule has 1 N–H and O–H groups in total. The predicted octanol–water partition coefficient (Wildman–Crippen LogP) is 3.79. The second-order valence-corrected chi connectivity index (χ2v) is 9.01. The smallest absolute Gasteiger partial charge is 0.308 e. The molecule has 2 saturated carbocycles. The summed E-state index contributed by atoms with van der Waals surface area (Å²) < 4.78 is 5.31. The van der Waals surface area contributed by atoms with Gasteiger partial charge in [0.1, 0.15) is 0 Å². The molecule has 4 nitrogen and oxygen atoms in total. The molecular formula is C22H29NO3. The Morgan fingerprint density at radius 1 is 1.27 bits per heavy atom. The van der Waals surface area contributed by atoms with Crippen LogP contribution >= 0.6 is 0 Å². The lowest BCUT2D eigenvalue weighted by atomic mass is 9.52. The number of hydrogen-bond donors (Lipinski definition) is 1. The molecule has 0 unspecified atom stereocenters. The Morgan fingerprint density at radius 2 is 2.12 bits per heavy atom.